The number of nitrogens with zero attached hydrogens (tertiary/aromatic N) is 1. The number of hydrogen-bond donors (Lipinski definition) is 0. The molecule has 7 atom stereocenters. The quantitative estimate of drug-likeness (QED) is 0.278. The van der Waals surface area contributed by atoms with Crippen molar-refractivity contribution in [1.29, 1.82) is 0 Å². The molecule has 8 heteroatoms. The van der Waals surface area contributed by atoms with E-state index in [1.54, 1.807) is 12.3 Å². The second-order valence-corrected chi connectivity index (χ2v) is 11.3. The Morgan fingerprint density at radius 3 is 2.17 bits per heavy atom. The third-order valence-electron chi connectivity index (χ3n) is 9.02. The highest BCUT2D eigenvalue weighted by Gasteiger charge is 2.63. The van der Waals surface area contributed by atoms with Crippen LogP contribution in [0.2, 0.25) is 0 Å². The minimum Gasteiger partial charge on any atom is -0.467 e. The molecule has 2 aliphatic carbocycles. The van der Waals surface area contributed by atoms with Crippen LogP contribution < -0.4 is 0 Å². The Balaban J connectivity index is 1.46. The fourth-order valence-corrected chi connectivity index (χ4v) is 6.77. The molecule has 5 aliphatic rings. The summed E-state index contributed by atoms with van der Waals surface area (Å²) in [5.74, 6) is -1.63. The van der Waals surface area contributed by atoms with Gasteiger partial charge in [0.05, 0.1) is 7.11 Å². The molecule has 0 unspecified atom stereocenters. The van der Waals surface area contributed by atoms with Crippen LogP contribution in [0.3, 0.4) is 0 Å². The average molecular weight is 506 g/mol. The average Bonchev–Trinajstić information content (AvgIpc) is 3.44. The molecular formula is C28H43NO7. The fourth-order valence-electron chi connectivity index (χ4n) is 6.77. The summed E-state index contributed by atoms with van der Waals surface area (Å²) in [5.41, 5.74) is -1.07. The Labute approximate surface area is 215 Å². The van der Waals surface area contributed by atoms with Gasteiger partial charge in [-0.15, -0.1) is 6.58 Å². The first kappa shape index (κ1) is 26.3. The maximum atomic E-state index is 13.0. The van der Waals surface area contributed by atoms with Gasteiger partial charge >= 0.3 is 5.97 Å². The van der Waals surface area contributed by atoms with Crippen molar-refractivity contribution in [3.63, 3.8) is 0 Å². The van der Waals surface area contributed by atoms with Gasteiger partial charge in [0.2, 0.25) is 0 Å². The lowest BCUT2D eigenvalue weighted by Gasteiger charge is -2.37. The second-order valence-electron chi connectivity index (χ2n) is 11.3. The number of esters is 1. The maximum Gasteiger partial charge on any atom is 0.334 e. The van der Waals surface area contributed by atoms with Crippen LogP contribution in [0.1, 0.15) is 90.9 Å². The Morgan fingerprint density at radius 1 is 1.00 bits per heavy atom. The molecular weight excluding hydrogens is 462 g/mol. The van der Waals surface area contributed by atoms with Crippen LogP contribution in [-0.2, 0) is 33.2 Å². The zero-order valence-corrected chi connectivity index (χ0v) is 22.1. The molecule has 0 aromatic carbocycles. The SMILES string of the molecule is C=CC[C@@](N=C[C@H]1O[C@@H]2OC3(CCCCC3)O[C@@H]2[C@H]2OC3(CCCCC3)O[C@H]21)(C(=O)OC)[C@@H](C)CC. The number of methoxy groups -OCH3 is 1. The molecule has 5 fully saturated rings. The normalized spacial score (nSPS) is 37.4. The van der Waals surface area contributed by atoms with Crippen molar-refractivity contribution < 1.29 is 33.2 Å². The van der Waals surface area contributed by atoms with E-state index in [9.17, 15) is 4.79 Å². The van der Waals surface area contributed by atoms with Crippen molar-refractivity contribution in [2.45, 2.75) is 139 Å². The van der Waals surface area contributed by atoms with E-state index < -0.39 is 29.5 Å². The molecule has 0 aromatic rings. The van der Waals surface area contributed by atoms with Crippen molar-refractivity contribution in [3.8, 4) is 0 Å². The van der Waals surface area contributed by atoms with Crippen molar-refractivity contribution in [1.82, 2.24) is 0 Å². The summed E-state index contributed by atoms with van der Waals surface area (Å²) in [5, 5.41) is 0. The van der Waals surface area contributed by atoms with E-state index in [4.69, 9.17) is 33.4 Å². The third kappa shape index (κ3) is 4.57. The molecule has 0 amide bonds. The van der Waals surface area contributed by atoms with Gasteiger partial charge in [-0.1, -0.05) is 39.2 Å². The molecule has 0 radical (unpaired) electrons. The zero-order valence-electron chi connectivity index (χ0n) is 22.1. The molecule has 3 heterocycles. The molecule has 8 nitrogen and oxygen atoms in total. The predicted molar refractivity (Wildman–Crippen MR) is 134 cm³/mol. The standard InChI is InChI=1S/C28H43NO7/c1-5-13-28(19(3)6-2,25(30)31-4)29-18-20-21-22(34-26(33-21)14-9-7-10-15-26)23-24(32-20)36-27(35-23)16-11-8-12-17-27/h5,18-24H,1,6-17H2,2-4H3/t19-,20+,21-,22-,23+,24+,28-/m0/s1. The van der Waals surface area contributed by atoms with Crippen molar-refractivity contribution in [2.24, 2.45) is 10.9 Å². The summed E-state index contributed by atoms with van der Waals surface area (Å²) in [4.78, 5) is 17.9. The van der Waals surface area contributed by atoms with E-state index >= 15 is 0 Å². The van der Waals surface area contributed by atoms with Crippen LogP contribution in [0.4, 0.5) is 0 Å². The summed E-state index contributed by atoms with van der Waals surface area (Å²) in [7, 11) is 1.41. The largest absolute Gasteiger partial charge is 0.467 e. The van der Waals surface area contributed by atoms with Gasteiger partial charge in [0, 0.05) is 38.3 Å². The monoisotopic (exact) mass is 505 g/mol. The van der Waals surface area contributed by atoms with Gasteiger partial charge in [0.25, 0.3) is 0 Å². The Bertz CT molecular complexity index is 834. The smallest absolute Gasteiger partial charge is 0.334 e. The molecule has 2 saturated carbocycles. The van der Waals surface area contributed by atoms with E-state index in [1.807, 2.05) is 13.8 Å². The van der Waals surface area contributed by atoms with Crippen LogP contribution in [0, 0.1) is 5.92 Å². The highest BCUT2D eigenvalue weighted by molar-refractivity contribution is 5.84. The first-order valence-corrected chi connectivity index (χ1v) is 14.0. The van der Waals surface area contributed by atoms with Gasteiger partial charge in [-0.2, -0.15) is 0 Å². The van der Waals surface area contributed by atoms with Gasteiger partial charge in [-0.25, -0.2) is 4.79 Å². The maximum absolute atomic E-state index is 13.0. The van der Waals surface area contributed by atoms with Gasteiger partial charge in [0.1, 0.15) is 24.4 Å². The molecule has 0 aromatic heterocycles. The van der Waals surface area contributed by atoms with Crippen LogP contribution in [-0.4, -0.2) is 67.1 Å². The molecule has 2 spiro atoms. The number of carbonyl (C=O) groups is 1. The molecule has 0 N–H and O–H groups in total. The van der Waals surface area contributed by atoms with Crippen LogP contribution in [0.25, 0.3) is 0 Å². The van der Waals surface area contributed by atoms with Gasteiger partial charge in [-0.3, -0.25) is 4.99 Å². The zero-order chi connectivity index (χ0) is 25.4. The van der Waals surface area contributed by atoms with E-state index in [-0.39, 0.29) is 30.2 Å². The Morgan fingerprint density at radius 2 is 1.58 bits per heavy atom. The number of carbonyl (C=O) groups excluding carboxylic acids is 1. The minimum atomic E-state index is -1.07. The topological polar surface area (TPSA) is 84.8 Å². The first-order chi connectivity index (χ1) is 17.4. The number of aliphatic imine (C=N–C) groups is 1. The van der Waals surface area contributed by atoms with Crippen LogP contribution in [0.15, 0.2) is 17.6 Å². The Hall–Kier alpha value is -1.32. The third-order valence-corrected chi connectivity index (χ3v) is 9.02. The molecule has 202 valence electrons. The molecule has 36 heavy (non-hydrogen) atoms. The summed E-state index contributed by atoms with van der Waals surface area (Å²) < 4.78 is 38.2. The molecule has 3 aliphatic heterocycles. The van der Waals surface area contributed by atoms with Gasteiger partial charge in [0.15, 0.2) is 23.4 Å². The predicted octanol–water partition coefficient (Wildman–Crippen LogP) is 4.84. The summed E-state index contributed by atoms with van der Waals surface area (Å²) >= 11 is 0. The fraction of sp³-hybridized carbons (Fsp3) is 0.857. The van der Waals surface area contributed by atoms with E-state index in [1.165, 1.54) is 20.0 Å². The molecule has 5 rings (SSSR count). The highest BCUT2D eigenvalue weighted by Crippen LogP contribution is 2.50. The van der Waals surface area contributed by atoms with Crippen LogP contribution in [0.5, 0.6) is 0 Å². The van der Waals surface area contributed by atoms with Gasteiger partial charge < -0.3 is 28.4 Å². The lowest BCUT2D eigenvalue weighted by molar-refractivity contribution is -0.240. The van der Waals surface area contributed by atoms with E-state index in [0.717, 1.165) is 57.8 Å². The summed E-state index contributed by atoms with van der Waals surface area (Å²) in [6.07, 6.45) is 12.7. The van der Waals surface area contributed by atoms with Crippen molar-refractivity contribution in [2.75, 3.05) is 7.11 Å². The first-order valence-electron chi connectivity index (χ1n) is 14.0. The van der Waals surface area contributed by atoms with Gasteiger partial charge in [-0.05, 0) is 31.6 Å². The van der Waals surface area contributed by atoms with E-state index in [0.29, 0.717) is 6.42 Å². The Kier molecular flexibility index (Phi) is 7.63. The minimum absolute atomic E-state index is 0.0478. The number of fused-ring (bicyclic) bond motifs is 3. The number of rotatable bonds is 7. The lowest BCUT2D eigenvalue weighted by atomic mass is 9.81. The number of ether oxygens (including phenoxy) is 6. The lowest BCUT2D eigenvalue weighted by Crippen LogP contribution is -2.56. The van der Waals surface area contributed by atoms with Crippen molar-refractivity contribution >= 4 is 12.2 Å². The van der Waals surface area contributed by atoms with Crippen molar-refractivity contribution in [3.05, 3.63) is 12.7 Å². The molecule has 3 saturated heterocycles. The molecule has 0 bridgehead atoms. The highest BCUT2D eigenvalue weighted by atomic mass is 16.9. The van der Waals surface area contributed by atoms with E-state index in [2.05, 4.69) is 6.58 Å². The summed E-state index contributed by atoms with van der Waals surface area (Å²) in [6, 6.07) is 0. The summed E-state index contributed by atoms with van der Waals surface area (Å²) in [6.45, 7) is 7.95. The van der Waals surface area contributed by atoms with Crippen LogP contribution >= 0.6 is 0 Å². The second kappa shape index (κ2) is 10.4. The number of hydrogen-bond acceptors (Lipinski definition) is 8.